The molecule has 1 aromatic rings. The molecule has 2 atom stereocenters. The molecule has 2 N–H and O–H groups in total. The molecule has 0 aliphatic carbocycles. The van der Waals surface area contributed by atoms with Crippen molar-refractivity contribution in [3.8, 4) is 0 Å². The van der Waals surface area contributed by atoms with Crippen LogP contribution < -0.4 is 5.32 Å². The van der Waals surface area contributed by atoms with Crippen molar-refractivity contribution >= 4 is 5.91 Å². The second-order valence-corrected chi connectivity index (χ2v) is 4.63. The van der Waals surface area contributed by atoms with Gasteiger partial charge in [0.2, 0.25) is 5.91 Å². The number of amides is 1. The third-order valence-electron chi connectivity index (χ3n) is 2.97. The first-order chi connectivity index (χ1) is 10.4. The number of rotatable bonds is 8. The van der Waals surface area contributed by atoms with Gasteiger partial charge in [-0.1, -0.05) is 6.08 Å². The van der Waals surface area contributed by atoms with Crippen LogP contribution in [0.15, 0.2) is 24.8 Å². The van der Waals surface area contributed by atoms with Crippen LogP contribution in [0.3, 0.4) is 0 Å². The molecule has 0 heterocycles. The Morgan fingerprint density at radius 2 is 2.00 bits per heavy atom. The second-order valence-electron chi connectivity index (χ2n) is 4.63. The Hall–Kier alpha value is -1.86. The number of nitrogens with one attached hydrogen (secondary N) is 1. The Kier molecular flexibility index (Phi) is 7.07. The van der Waals surface area contributed by atoms with Gasteiger partial charge in [-0.3, -0.25) is 4.79 Å². The molecular formula is C15H18F3NO3. The molecule has 2 unspecified atom stereocenters. The molecule has 0 aromatic heterocycles. The maximum absolute atomic E-state index is 13.2. The average molecular weight is 317 g/mol. The van der Waals surface area contributed by atoms with Crippen molar-refractivity contribution in [1.82, 2.24) is 5.32 Å². The van der Waals surface area contributed by atoms with Gasteiger partial charge in [0.15, 0.2) is 17.5 Å². The van der Waals surface area contributed by atoms with Crippen LogP contribution >= 0.6 is 0 Å². The van der Waals surface area contributed by atoms with Crippen molar-refractivity contribution in [2.24, 2.45) is 0 Å². The van der Waals surface area contributed by atoms with Crippen molar-refractivity contribution in [2.75, 3.05) is 13.2 Å². The summed E-state index contributed by atoms with van der Waals surface area (Å²) in [4.78, 5) is 11.9. The van der Waals surface area contributed by atoms with E-state index in [2.05, 4.69) is 11.9 Å². The monoisotopic (exact) mass is 317 g/mol. The average Bonchev–Trinajstić information content (AvgIpc) is 2.49. The summed E-state index contributed by atoms with van der Waals surface area (Å²) in [6, 6.07) is 0.383. The Bertz CT molecular complexity index is 514. The maximum Gasteiger partial charge on any atom is 0.249 e. The Morgan fingerprint density at radius 1 is 1.41 bits per heavy atom. The number of carbonyl (C=O) groups excluding carboxylic acids is 1. The minimum absolute atomic E-state index is 0.0782. The van der Waals surface area contributed by atoms with E-state index in [1.807, 2.05) is 0 Å². The Labute approximate surface area is 126 Å². The highest BCUT2D eigenvalue weighted by Gasteiger charge is 2.21. The van der Waals surface area contributed by atoms with Gasteiger partial charge in [-0.25, -0.2) is 13.2 Å². The third kappa shape index (κ3) is 4.85. The zero-order valence-electron chi connectivity index (χ0n) is 12.1. The molecule has 22 heavy (non-hydrogen) atoms. The highest BCUT2D eigenvalue weighted by Crippen LogP contribution is 2.19. The van der Waals surface area contributed by atoms with E-state index < -0.39 is 42.1 Å². The standard InChI is InChI=1S/C15H18F3NO3/c1-3-4-5-22-9(2)15(21)19-13(8-20)10-6-11(16)14(18)12(17)7-10/h3,6-7,9,13,20H,1,4-5,8H2,2H3,(H,19,21). The van der Waals surface area contributed by atoms with Crippen LogP contribution in [0, 0.1) is 17.5 Å². The first-order valence-electron chi connectivity index (χ1n) is 6.68. The van der Waals surface area contributed by atoms with Crippen molar-refractivity contribution in [2.45, 2.75) is 25.5 Å². The lowest BCUT2D eigenvalue weighted by atomic mass is 10.1. The van der Waals surface area contributed by atoms with E-state index in [1.54, 1.807) is 6.08 Å². The zero-order valence-corrected chi connectivity index (χ0v) is 12.1. The molecular weight excluding hydrogens is 299 g/mol. The summed E-state index contributed by atoms with van der Waals surface area (Å²) in [6.07, 6.45) is 1.38. The van der Waals surface area contributed by atoms with Crippen LogP contribution in [0.1, 0.15) is 24.9 Å². The molecule has 7 heteroatoms. The molecule has 0 saturated heterocycles. The van der Waals surface area contributed by atoms with E-state index in [0.717, 1.165) is 12.1 Å². The molecule has 0 saturated carbocycles. The quantitative estimate of drug-likeness (QED) is 0.439. The zero-order chi connectivity index (χ0) is 16.7. The van der Waals surface area contributed by atoms with Crippen LogP contribution in [-0.4, -0.2) is 30.3 Å². The van der Waals surface area contributed by atoms with E-state index in [1.165, 1.54) is 6.92 Å². The Balaban J connectivity index is 2.76. The van der Waals surface area contributed by atoms with Gasteiger partial charge in [-0.15, -0.1) is 6.58 Å². The minimum atomic E-state index is -1.60. The number of benzene rings is 1. The summed E-state index contributed by atoms with van der Waals surface area (Å²) in [7, 11) is 0. The smallest absolute Gasteiger partial charge is 0.249 e. The van der Waals surface area contributed by atoms with E-state index in [0.29, 0.717) is 13.0 Å². The van der Waals surface area contributed by atoms with Gasteiger partial charge in [0.1, 0.15) is 6.10 Å². The predicted octanol–water partition coefficient (Wildman–Crippen LogP) is 2.23. The van der Waals surface area contributed by atoms with Gasteiger partial charge in [0, 0.05) is 0 Å². The number of halogens is 3. The molecule has 0 aliphatic rings. The number of aliphatic hydroxyl groups is 1. The highest BCUT2D eigenvalue weighted by atomic mass is 19.2. The first kappa shape index (κ1) is 18.2. The SMILES string of the molecule is C=CCCOC(C)C(=O)NC(CO)c1cc(F)c(F)c(F)c1. The van der Waals surface area contributed by atoms with Crippen LogP contribution in [0.4, 0.5) is 13.2 Å². The lowest BCUT2D eigenvalue weighted by Gasteiger charge is -2.20. The predicted molar refractivity (Wildman–Crippen MR) is 74.5 cm³/mol. The summed E-state index contributed by atoms with van der Waals surface area (Å²) in [5.41, 5.74) is -0.0782. The molecule has 0 spiro atoms. The lowest BCUT2D eigenvalue weighted by molar-refractivity contribution is -0.132. The van der Waals surface area contributed by atoms with Gasteiger partial charge in [0.25, 0.3) is 0 Å². The largest absolute Gasteiger partial charge is 0.394 e. The molecule has 0 aliphatic heterocycles. The summed E-state index contributed by atoms with van der Waals surface area (Å²) < 4.78 is 44.5. The number of hydrogen-bond donors (Lipinski definition) is 2. The summed E-state index contributed by atoms with van der Waals surface area (Å²) in [5.74, 6) is -4.95. The fourth-order valence-electron chi connectivity index (χ4n) is 1.70. The van der Waals surface area contributed by atoms with Crippen molar-refractivity contribution in [3.05, 3.63) is 47.8 Å². The molecule has 0 bridgehead atoms. The lowest BCUT2D eigenvalue weighted by Crippen LogP contribution is -2.38. The summed E-state index contributed by atoms with van der Waals surface area (Å²) in [6.45, 7) is 4.70. The van der Waals surface area contributed by atoms with Crippen LogP contribution in [0.2, 0.25) is 0 Å². The van der Waals surface area contributed by atoms with E-state index in [-0.39, 0.29) is 5.56 Å². The second kappa shape index (κ2) is 8.55. The molecule has 0 fully saturated rings. The normalized spacial score (nSPS) is 13.5. The number of carbonyl (C=O) groups is 1. The van der Waals surface area contributed by atoms with Crippen LogP contribution in [0.25, 0.3) is 0 Å². The van der Waals surface area contributed by atoms with Gasteiger partial charge in [0.05, 0.1) is 19.3 Å². The highest BCUT2D eigenvalue weighted by molar-refractivity contribution is 5.80. The van der Waals surface area contributed by atoms with Crippen LogP contribution in [-0.2, 0) is 9.53 Å². The third-order valence-corrected chi connectivity index (χ3v) is 2.97. The summed E-state index contributed by atoms with van der Waals surface area (Å²) >= 11 is 0. The maximum atomic E-state index is 13.2. The first-order valence-corrected chi connectivity index (χ1v) is 6.68. The summed E-state index contributed by atoms with van der Waals surface area (Å²) in [5, 5.41) is 11.7. The number of ether oxygens (including phenoxy) is 1. The number of aliphatic hydroxyl groups excluding tert-OH is 1. The van der Waals surface area contributed by atoms with Gasteiger partial charge in [-0.05, 0) is 31.0 Å². The molecule has 0 radical (unpaired) electrons. The fourth-order valence-corrected chi connectivity index (χ4v) is 1.70. The topological polar surface area (TPSA) is 58.6 Å². The van der Waals surface area contributed by atoms with Gasteiger partial charge in [-0.2, -0.15) is 0 Å². The molecule has 1 rings (SSSR count). The van der Waals surface area contributed by atoms with Gasteiger partial charge < -0.3 is 15.2 Å². The number of hydrogen-bond acceptors (Lipinski definition) is 3. The van der Waals surface area contributed by atoms with E-state index in [4.69, 9.17) is 4.74 Å². The molecule has 1 amide bonds. The van der Waals surface area contributed by atoms with E-state index in [9.17, 15) is 23.1 Å². The minimum Gasteiger partial charge on any atom is -0.394 e. The van der Waals surface area contributed by atoms with Crippen molar-refractivity contribution in [3.63, 3.8) is 0 Å². The molecule has 1 aromatic carbocycles. The van der Waals surface area contributed by atoms with Crippen molar-refractivity contribution < 1.29 is 27.8 Å². The Morgan fingerprint density at radius 3 is 2.50 bits per heavy atom. The molecule has 4 nitrogen and oxygen atoms in total. The van der Waals surface area contributed by atoms with E-state index >= 15 is 0 Å². The van der Waals surface area contributed by atoms with Crippen molar-refractivity contribution in [1.29, 1.82) is 0 Å². The molecule has 122 valence electrons. The van der Waals surface area contributed by atoms with Crippen LogP contribution in [0.5, 0.6) is 0 Å². The fraction of sp³-hybridized carbons (Fsp3) is 0.400. The van der Waals surface area contributed by atoms with Gasteiger partial charge >= 0.3 is 0 Å².